The summed E-state index contributed by atoms with van der Waals surface area (Å²) in [5.74, 6) is 1.26. The van der Waals surface area contributed by atoms with Gasteiger partial charge in [0.05, 0.1) is 23.1 Å². The maximum absolute atomic E-state index is 12.1. The standard InChI is InChI=1S/C14H21N3O/c1-9-4-3-5-11(9)7-17-14(18)13-6-12(15)8-16-10(13)2/h6,8-9,11H,3-5,7,15H2,1-2H3,(H,17,18). The fraction of sp³-hybridized carbons (Fsp3) is 0.571. The third kappa shape index (κ3) is 2.81. The largest absolute Gasteiger partial charge is 0.397 e. The van der Waals surface area contributed by atoms with Crippen LogP contribution in [0.2, 0.25) is 0 Å². The number of nitrogens with one attached hydrogen (secondary N) is 1. The highest BCUT2D eigenvalue weighted by atomic mass is 16.1. The van der Waals surface area contributed by atoms with Gasteiger partial charge < -0.3 is 11.1 Å². The number of hydrogen-bond acceptors (Lipinski definition) is 3. The molecule has 0 bridgehead atoms. The molecule has 0 radical (unpaired) electrons. The highest BCUT2D eigenvalue weighted by Crippen LogP contribution is 2.30. The zero-order valence-corrected chi connectivity index (χ0v) is 11.1. The van der Waals surface area contributed by atoms with E-state index in [4.69, 9.17) is 5.73 Å². The molecule has 1 amide bonds. The van der Waals surface area contributed by atoms with E-state index in [1.165, 1.54) is 19.3 Å². The van der Waals surface area contributed by atoms with Crippen LogP contribution in [-0.4, -0.2) is 17.4 Å². The van der Waals surface area contributed by atoms with Crippen molar-refractivity contribution in [1.29, 1.82) is 0 Å². The number of amides is 1. The molecule has 0 aromatic carbocycles. The summed E-state index contributed by atoms with van der Waals surface area (Å²) in [6, 6.07) is 1.69. The molecular weight excluding hydrogens is 226 g/mol. The van der Waals surface area contributed by atoms with Crippen LogP contribution in [0.5, 0.6) is 0 Å². The Morgan fingerprint density at radius 3 is 3.00 bits per heavy atom. The molecule has 98 valence electrons. The smallest absolute Gasteiger partial charge is 0.253 e. The van der Waals surface area contributed by atoms with Crippen molar-refractivity contribution in [2.45, 2.75) is 33.1 Å². The van der Waals surface area contributed by atoms with Crippen molar-refractivity contribution in [3.05, 3.63) is 23.5 Å². The highest BCUT2D eigenvalue weighted by Gasteiger charge is 2.23. The van der Waals surface area contributed by atoms with Crippen molar-refractivity contribution < 1.29 is 4.79 Å². The number of nitrogens with two attached hydrogens (primary N) is 1. The number of aromatic nitrogens is 1. The second-order valence-corrected chi connectivity index (χ2v) is 5.28. The SMILES string of the molecule is Cc1ncc(N)cc1C(=O)NCC1CCCC1C. The van der Waals surface area contributed by atoms with Crippen molar-refractivity contribution in [3.63, 3.8) is 0 Å². The van der Waals surface area contributed by atoms with Gasteiger partial charge in [0.15, 0.2) is 0 Å². The highest BCUT2D eigenvalue weighted by molar-refractivity contribution is 5.95. The monoisotopic (exact) mass is 247 g/mol. The Bertz CT molecular complexity index is 445. The molecule has 2 rings (SSSR count). The summed E-state index contributed by atoms with van der Waals surface area (Å²) in [4.78, 5) is 16.2. The van der Waals surface area contributed by atoms with Gasteiger partial charge in [-0.25, -0.2) is 0 Å². The van der Waals surface area contributed by atoms with Crippen molar-refractivity contribution in [1.82, 2.24) is 10.3 Å². The fourth-order valence-electron chi connectivity index (χ4n) is 2.62. The van der Waals surface area contributed by atoms with E-state index >= 15 is 0 Å². The molecule has 0 aliphatic heterocycles. The van der Waals surface area contributed by atoms with E-state index < -0.39 is 0 Å². The van der Waals surface area contributed by atoms with Gasteiger partial charge >= 0.3 is 0 Å². The van der Waals surface area contributed by atoms with Crippen LogP contribution in [0.4, 0.5) is 5.69 Å². The molecule has 4 heteroatoms. The zero-order chi connectivity index (χ0) is 13.1. The lowest BCUT2D eigenvalue weighted by molar-refractivity contribution is 0.0943. The first kappa shape index (κ1) is 12.9. The number of carbonyl (C=O) groups excluding carboxylic acids is 1. The number of rotatable bonds is 3. The van der Waals surface area contributed by atoms with Crippen LogP contribution in [-0.2, 0) is 0 Å². The van der Waals surface area contributed by atoms with E-state index in [0.29, 0.717) is 23.1 Å². The Labute approximate surface area is 108 Å². The topological polar surface area (TPSA) is 68.0 Å². The first-order chi connectivity index (χ1) is 8.58. The number of hydrogen-bond donors (Lipinski definition) is 2. The molecule has 1 aliphatic rings. The third-order valence-corrected chi connectivity index (χ3v) is 3.92. The quantitative estimate of drug-likeness (QED) is 0.859. The normalized spacial score (nSPS) is 23.0. The Balaban J connectivity index is 1.97. The second kappa shape index (κ2) is 5.38. The molecule has 18 heavy (non-hydrogen) atoms. The van der Waals surface area contributed by atoms with Gasteiger partial charge in [0.1, 0.15) is 0 Å². The summed E-state index contributed by atoms with van der Waals surface area (Å²) in [5, 5.41) is 3.00. The van der Waals surface area contributed by atoms with E-state index in [-0.39, 0.29) is 5.91 Å². The molecule has 1 aliphatic carbocycles. The van der Waals surface area contributed by atoms with Gasteiger partial charge in [-0.2, -0.15) is 0 Å². The number of anilines is 1. The first-order valence-electron chi connectivity index (χ1n) is 6.58. The van der Waals surface area contributed by atoms with Crippen LogP contribution < -0.4 is 11.1 Å². The third-order valence-electron chi connectivity index (χ3n) is 3.92. The minimum absolute atomic E-state index is 0.0635. The Morgan fingerprint density at radius 1 is 1.56 bits per heavy atom. The molecule has 1 saturated carbocycles. The summed E-state index contributed by atoms with van der Waals surface area (Å²) in [7, 11) is 0. The number of pyridine rings is 1. The van der Waals surface area contributed by atoms with Gasteiger partial charge in [0.25, 0.3) is 5.91 Å². The van der Waals surface area contributed by atoms with E-state index in [1.807, 2.05) is 6.92 Å². The van der Waals surface area contributed by atoms with Crippen molar-refractivity contribution in [2.75, 3.05) is 12.3 Å². The van der Waals surface area contributed by atoms with Gasteiger partial charge in [-0.1, -0.05) is 19.8 Å². The molecule has 1 aromatic rings. The maximum Gasteiger partial charge on any atom is 0.253 e. The van der Waals surface area contributed by atoms with Gasteiger partial charge in [-0.05, 0) is 31.2 Å². The van der Waals surface area contributed by atoms with Gasteiger partial charge in [0, 0.05) is 6.54 Å². The van der Waals surface area contributed by atoms with Crippen LogP contribution in [0.15, 0.2) is 12.3 Å². The summed E-state index contributed by atoms with van der Waals surface area (Å²) < 4.78 is 0. The first-order valence-corrected chi connectivity index (χ1v) is 6.58. The molecule has 1 aromatic heterocycles. The minimum atomic E-state index is -0.0635. The Kier molecular flexibility index (Phi) is 3.84. The Morgan fingerprint density at radius 2 is 2.33 bits per heavy atom. The fourth-order valence-corrected chi connectivity index (χ4v) is 2.62. The molecule has 2 atom stereocenters. The molecule has 1 heterocycles. The predicted molar refractivity (Wildman–Crippen MR) is 72.2 cm³/mol. The van der Waals surface area contributed by atoms with E-state index in [9.17, 15) is 4.79 Å². The van der Waals surface area contributed by atoms with Crippen LogP contribution in [0.25, 0.3) is 0 Å². The average molecular weight is 247 g/mol. The van der Waals surface area contributed by atoms with Crippen LogP contribution in [0, 0.1) is 18.8 Å². The Hall–Kier alpha value is -1.58. The maximum atomic E-state index is 12.1. The summed E-state index contributed by atoms with van der Waals surface area (Å²) >= 11 is 0. The average Bonchev–Trinajstić information content (AvgIpc) is 2.75. The number of nitrogen functional groups attached to an aromatic ring is 1. The van der Waals surface area contributed by atoms with Crippen molar-refractivity contribution >= 4 is 11.6 Å². The summed E-state index contributed by atoms with van der Waals surface area (Å²) in [6.07, 6.45) is 5.35. The molecule has 1 fully saturated rings. The molecular formula is C14H21N3O. The van der Waals surface area contributed by atoms with Crippen LogP contribution >= 0.6 is 0 Å². The van der Waals surface area contributed by atoms with Crippen LogP contribution in [0.3, 0.4) is 0 Å². The predicted octanol–water partition coefficient (Wildman–Crippen LogP) is 2.14. The molecule has 0 spiro atoms. The lowest BCUT2D eigenvalue weighted by Crippen LogP contribution is -2.31. The molecule has 0 saturated heterocycles. The van der Waals surface area contributed by atoms with Gasteiger partial charge in [-0.3, -0.25) is 9.78 Å². The van der Waals surface area contributed by atoms with E-state index in [0.717, 1.165) is 12.2 Å². The summed E-state index contributed by atoms with van der Waals surface area (Å²) in [5.41, 5.74) is 7.50. The lowest BCUT2D eigenvalue weighted by Gasteiger charge is -2.16. The summed E-state index contributed by atoms with van der Waals surface area (Å²) in [6.45, 7) is 4.85. The van der Waals surface area contributed by atoms with E-state index in [2.05, 4.69) is 17.2 Å². The second-order valence-electron chi connectivity index (χ2n) is 5.28. The van der Waals surface area contributed by atoms with E-state index in [1.54, 1.807) is 12.3 Å². The van der Waals surface area contributed by atoms with Crippen molar-refractivity contribution in [2.24, 2.45) is 11.8 Å². The zero-order valence-electron chi connectivity index (χ0n) is 11.1. The molecule has 3 N–H and O–H groups in total. The van der Waals surface area contributed by atoms with Crippen molar-refractivity contribution in [3.8, 4) is 0 Å². The number of carbonyl (C=O) groups is 1. The van der Waals surface area contributed by atoms with Crippen LogP contribution in [0.1, 0.15) is 42.2 Å². The van der Waals surface area contributed by atoms with Gasteiger partial charge in [0.2, 0.25) is 0 Å². The molecule has 4 nitrogen and oxygen atoms in total. The molecule has 2 unspecified atom stereocenters. The van der Waals surface area contributed by atoms with Gasteiger partial charge in [-0.15, -0.1) is 0 Å². The number of nitrogens with zero attached hydrogens (tertiary/aromatic N) is 1. The number of aryl methyl sites for hydroxylation is 1. The minimum Gasteiger partial charge on any atom is -0.397 e. The lowest BCUT2D eigenvalue weighted by atomic mass is 9.98.